The summed E-state index contributed by atoms with van der Waals surface area (Å²) in [6.07, 6.45) is 0.920. The molecule has 0 aromatic heterocycles. The summed E-state index contributed by atoms with van der Waals surface area (Å²) in [7, 11) is 0. The maximum atomic E-state index is 11.6. The van der Waals surface area contributed by atoms with Gasteiger partial charge in [0.15, 0.2) is 6.29 Å². The molecular formula is C21H12O. The Morgan fingerprint density at radius 3 is 2.18 bits per heavy atom. The topological polar surface area (TPSA) is 17.1 Å². The molecule has 1 nitrogen and oxygen atoms in total. The van der Waals surface area contributed by atoms with Crippen LogP contribution in [0.1, 0.15) is 16.7 Å². The van der Waals surface area contributed by atoms with Crippen molar-refractivity contribution in [2.45, 2.75) is 0 Å². The lowest BCUT2D eigenvalue weighted by Gasteiger charge is -2.01. The Balaban J connectivity index is 1.95. The molecule has 0 N–H and O–H groups in total. The molecule has 1 aliphatic carbocycles. The molecule has 0 bridgehead atoms. The molecule has 4 rings (SSSR count). The maximum absolute atomic E-state index is 11.6. The molecule has 22 heavy (non-hydrogen) atoms. The van der Waals surface area contributed by atoms with Crippen molar-refractivity contribution >= 4 is 28.2 Å². The van der Waals surface area contributed by atoms with Crippen molar-refractivity contribution in [3.63, 3.8) is 0 Å². The Morgan fingerprint density at radius 1 is 0.727 bits per heavy atom. The minimum Gasteiger partial charge on any atom is -0.298 e. The van der Waals surface area contributed by atoms with E-state index >= 15 is 0 Å². The van der Waals surface area contributed by atoms with E-state index in [9.17, 15) is 4.79 Å². The predicted octanol–water partition coefficient (Wildman–Crippen LogP) is 4.31. The molecule has 0 unspecified atom stereocenters. The van der Waals surface area contributed by atoms with Crippen molar-refractivity contribution in [1.29, 1.82) is 0 Å². The van der Waals surface area contributed by atoms with E-state index in [0.717, 1.165) is 39.3 Å². The zero-order chi connectivity index (χ0) is 14.9. The predicted molar refractivity (Wildman–Crippen MR) is 90.1 cm³/mol. The van der Waals surface area contributed by atoms with Crippen LogP contribution in [-0.2, 0) is 4.79 Å². The van der Waals surface area contributed by atoms with Crippen LogP contribution in [-0.4, -0.2) is 6.29 Å². The van der Waals surface area contributed by atoms with E-state index in [0.29, 0.717) is 5.57 Å². The second-order valence-electron chi connectivity index (χ2n) is 5.23. The summed E-state index contributed by atoms with van der Waals surface area (Å²) < 4.78 is 0. The van der Waals surface area contributed by atoms with Crippen LogP contribution in [0.3, 0.4) is 0 Å². The summed E-state index contributed by atoms with van der Waals surface area (Å²) in [4.78, 5) is 11.6. The number of aldehydes is 1. The molecule has 3 aromatic carbocycles. The third-order valence-electron chi connectivity index (χ3n) is 3.96. The van der Waals surface area contributed by atoms with Gasteiger partial charge in [-0.05, 0) is 34.0 Å². The van der Waals surface area contributed by atoms with Gasteiger partial charge in [0.2, 0.25) is 0 Å². The molecule has 0 spiro atoms. The SMILES string of the molecule is O=CC1=C(C#Cc2ccccc2)c2cccc3cccc1c23. The molecule has 0 saturated carbocycles. The zero-order valence-electron chi connectivity index (χ0n) is 11.8. The number of hydrogen-bond donors (Lipinski definition) is 0. The molecule has 0 atom stereocenters. The second kappa shape index (κ2) is 5.02. The first-order chi connectivity index (χ1) is 10.9. The molecule has 0 amide bonds. The zero-order valence-corrected chi connectivity index (χ0v) is 11.8. The first-order valence-electron chi connectivity index (χ1n) is 7.17. The average Bonchev–Trinajstić information content (AvgIpc) is 2.89. The molecule has 3 aromatic rings. The highest BCUT2D eigenvalue weighted by atomic mass is 16.1. The third-order valence-corrected chi connectivity index (χ3v) is 3.96. The van der Waals surface area contributed by atoms with Crippen LogP contribution >= 0.6 is 0 Å². The normalized spacial score (nSPS) is 12.2. The number of allylic oxidation sites excluding steroid dienone is 2. The monoisotopic (exact) mass is 280 g/mol. The lowest BCUT2D eigenvalue weighted by atomic mass is 10.0. The Kier molecular flexibility index (Phi) is 2.88. The molecule has 0 fully saturated rings. The van der Waals surface area contributed by atoms with Crippen molar-refractivity contribution in [2.75, 3.05) is 0 Å². The van der Waals surface area contributed by atoms with Gasteiger partial charge in [-0.1, -0.05) is 66.4 Å². The van der Waals surface area contributed by atoms with Gasteiger partial charge in [-0.15, -0.1) is 0 Å². The van der Waals surface area contributed by atoms with Gasteiger partial charge in [0.25, 0.3) is 0 Å². The highest BCUT2D eigenvalue weighted by Gasteiger charge is 2.22. The average molecular weight is 280 g/mol. The minimum absolute atomic E-state index is 0.690. The lowest BCUT2D eigenvalue weighted by Crippen LogP contribution is -1.83. The van der Waals surface area contributed by atoms with Crippen LogP contribution in [0.2, 0.25) is 0 Å². The first-order valence-corrected chi connectivity index (χ1v) is 7.17. The van der Waals surface area contributed by atoms with Crippen LogP contribution in [0.5, 0.6) is 0 Å². The van der Waals surface area contributed by atoms with E-state index in [1.54, 1.807) is 0 Å². The van der Waals surface area contributed by atoms with Crippen LogP contribution in [0.4, 0.5) is 0 Å². The summed E-state index contributed by atoms with van der Waals surface area (Å²) >= 11 is 0. The fourth-order valence-corrected chi connectivity index (χ4v) is 2.97. The molecule has 0 aliphatic heterocycles. The molecule has 0 radical (unpaired) electrons. The quantitative estimate of drug-likeness (QED) is 0.479. The van der Waals surface area contributed by atoms with Gasteiger partial charge in [-0.3, -0.25) is 4.79 Å². The molecule has 1 aliphatic rings. The largest absolute Gasteiger partial charge is 0.298 e. The number of hydrogen-bond acceptors (Lipinski definition) is 1. The van der Waals surface area contributed by atoms with Gasteiger partial charge in [-0.2, -0.15) is 0 Å². The van der Waals surface area contributed by atoms with Crippen molar-refractivity contribution in [1.82, 2.24) is 0 Å². The van der Waals surface area contributed by atoms with E-state index in [1.807, 2.05) is 54.6 Å². The van der Waals surface area contributed by atoms with Crippen molar-refractivity contribution in [3.8, 4) is 11.8 Å². The maximum Gasteiger partial charge on any atom is 0.151 e. The standard InChI is InChI=1S/C21H12O/c22-14-20-17(13-12-15-6-2-1-3-7-15)18-10-4-8-16-9-5-11-19(20)21(16)18/h1-11,14H. The van der Waals surface area contributed by atoms with Crippen molar-refractivity contribution in [3.05, 3.63) is 83.4 Å². The first kappa shape index (κ1) is 12.6. The lowest BCUT2D eigenvalue weighted by molar-refractivity contribution is -0.103. The summed E-state index contributed by atoms with van der Waals surface area (Å²) in [5.74, 6) is 6.37. The van der Waals surface area contributed by atoms with Crippen LogP contribution < -0.4 is 0 Å². The molecule has 0 heterocycles. The van der Waals surface area contributed by atoms with Gasteiger partial charge >= 0.3 is 0 Å². The summed E-state index contributed by atoms with van der Waals surface area (Å²) in [5, 5.41) is 2.27. The van der Waals surface area contributed by atoms with Crippen molar-refractivity contribution in [2.24, 2.45) is 0 Å². The fraction of sp³-hybridized carbons (Fsp3) is 0. The molecule has 102 valence electrons. The van der Waals surface area contributed by atoms with Gasteiger partial charge < -0.3 is 0 Å². The van der Waals surface area contributed by atoms with Gasteiger partial charge in [0.1, 0.15) is 0 Å². The van der Waals surface area contributed by atoms with Crippen LogP contribution in [0.15, 0.2) is 66.7 Å². The van der Waals surface area contributed by atoms with Crippen LogP contribution in [0.25, 0.3) is 21.9 Å². The Labute approximate surface area is 128 Å². The molecule has 1 heteroatoms. The minimum atomic E-state index is 0.690. The van der Waals surface area contributed by atoms with E-state index in [4.69, 9.17) is 0 Å². The number of rotatable bonds is 1. The highest BCUT2D eigenvalue weighted by molar-refractivity contribution is 6.30. The van der Waals surface area contributed by atoms with Gasteiger partial charge in [0, 0.05) is 16.7 Å². The Hall–Kier alpha value is -3.11. The van der Waals surface area contributed by atoms with Crippen molar-refractivity contribution < 1.29 is 4.79 Å². The Morgan fingerprint density at radius 2 is 1.45 bits per heavy atom. The smallest absolute Gasteiger partial charge is 0.151 e. The summed E-state index contributed by atoms with van der Waals surface area (Å²) in [6.45, 7) is 0. The van der Waals surface area contributed by atoms with E-state index < -0.39 is 0 Å². The fourth-order valence-electron chi connectivity index (χ4n) is 2.97. The van der Waals surface area contributed by atoms with Gasteiger partial charge in [0.05, 0.1) is 0 Å². The molecular weight excluding hydrogens is 268 g/mol. The highest BCUT2D eigenvalue weighted by Crippen LogP contribution is 2.40. The summed E-state index contributed by atoms with van der Waals surface area (Å²) in [6, 6.07) is 22.0. The van der Waals surface area contributed by atoms with Crippen LogP contribution in [0, 0.1) is 11.8 Å². The number of benzene rings is 3. The second-order valence-corrected chi connectivity index (χ2v) is 5.23. The molecule has 0 saturated heterocycles. The Bertz CT molecular complexity index is 977. The third kappa shape index (κ3) is 1.86. The number of carbonyl (C=O) groups excluding carboxylic acids is 1. The summed E-state index contributed by atoms with van der Waals surface area (Å²) in [5.41, 5.74) is 4.50. The van der Waals surface area contributed by atoms with Gasteiger partial charge in [-0.25, -0.2) is 0 Å². The van der Waals surface area contributed by atoms with E-state index in [-0.39, 0.29) is 0 Å². The van der Waals surface area contributed by atoms with E-state index in [2.05, 4.69) is 24.0 Å². The van der Waals surface area contributed by atoms with E-state index in [1.165, 1.54) is 0 Å². The number of carbonyl (C=O) groups is 1.